The minimum atomic E-state index is 0.459. The fourth-order valence-corrected chi connectivity index (χ4v) is 1.56. The summed E-state index contributed by atoms with van der Waals surface area (Å²) in [5.41, 5.74) is 2.68. The minimum absolute atomic E-state index is 0.459. The van der Waals surface area contributed by atoms with Crippen molar-refractivity contribution in [3.8, 4) is 11.1 Å². The lowest BCUT2D eigenvalue weighted by Crippen LogP contribution is -1.83. The molecule has 0 aromatic carbocycles. The van der Waals surface area contributed by atoms with E-state index in [1.54, 1.807) is 6.07 Å². The van der Waals surface area contributed by atoms with Crippen LogP contribution in [0.15, 0.2) is 36.4 Å². The highest BCUT2D eigenvalue weighted by Gasteiger charge is 2.12. The van der Waals surface area contributed by atoms with Gasteiger partial charge >= 0.3 is 0 Å². The molecule has 0 N–H and O–H groups in total. The van der Waals surface area contributed by atoms with Crippen LogP contribution < -0.4 is 0 Å². The third-order valence-corrected chi connectivity index (χ3v) is 2.23. The number of aldehydes is 2. The average Bonchev–Trinajstić information content (AvgIpc) is 2.39. The van der Waals surface area contributed by atoms with Gasteiger partial charge in [0.25, 0.3) is 0 Å². The van der Waals surface area contributed by atoms with Crippen LogP contribution in [-0.4, -0.2) is 12.6 Å². The molecule has 2 aliphatic rings. The summed E-state index contributed by atoms with van der Waals surface area (Å²) in [6.45, 7) is 0. The first-order valence-electron chi connectivity index (χ1n) is 4.29. The third kappa shape index (κ3) is 1.21. The van der Waals surface area contributed by atoms with Crippen molar-refractivity contribution in [3.63, 3.8) is 0 Å². The molecule has 0 aromatic heterocycles. The Morgan fingerprint density at radius 3 is 2.43 bits per heavy atom. The van der Waals surface area contributed by atoms with E-state index in [2.05, 4.69) is 0 Å². The molecule has 14 heavy (non-hydrogen) atoms. The number of carbonyl (C=O) groups is 2. The molecule has 2 heteroatoms. The van der Waals surface area contributed by atoms with Gasteiger partial charge < -0.3 is 0 Å². The molecular weight excluding hydrogens is 176 g/mol. The largest absolute Gasteiger partial charge is 0.298 e. The van der Waals surface area contributed by atoms with Gasteiger partial charge in [-0.05, 0) is 17.2 Å². The van der Waals surface area contributed by atoms with E-state index < -0.39 is 0 Å². The molecule has 0 amide bonds. The number of carbonyl (C=O) groups excluding carboxylic acids is 2. The molecule has 2 nitrogen and oxygen atoms in total. The van der Waals surface area contributed by atoms with Gasteiger partial charge in [0.2, 0.25) is 0 Å². The summed E-state index contributed by atoms with van der Waals surface area (Å²) < 4.78 is 0. The van der Waals surface area contributed by atoms with Gasteiger partial charge in [0.05, 0.1) is 0 Å². The summed E-state index contributed by atoms with van der Waals surface area (Å²) in [5.74, 6) is 0. The second-order valence-corrected chi connectivity index (χ2v) is 3.03. The molecule has 2 aliphatic carbocycles. The highest BCUT2D eigenvalue weighted by molar-refractivity contribution is 6.00. The molecule has 0 unspecified atom stereocenters. The van der Waals surface area contributed by atoms with E-state index in [0.29, 0.717) is 17.4 Å². The number of hydrogen-bond donors (Lipinski definition) is 0. The molecule has 2 rings (SSSR count). The van der Waals surface area contributed by atoms with Crippen molar-refractivity contribution in [2.24, 2.45) is 0 Å². The van der Waals surface area contributed by atoms with Crippen LogP contribution in [0.4, 0.5) is 0 Å². The predicted molar refractivity (Wildman–Crippen MR) is 53.8 cm³/mol. The first kappa shape index (κ1) is 8.63. The molecule has 0 aliphatic heterocycles. The molecule has 0 spiro atoms. The van der Waals surface area contributed by atoms with Crippen LogP contribution in [-0.2, 0) is 0 Å². The maximum absolute atomic E-state index is 10.8. The van der Waals surface area contributed by atoms with Crippen molar-refractivity contribution in [2.75, 3.05) is 0 Å². The first-order chi connectivity index (χ1) is 6.86. The van der Waals surface area contributed by atoms with E-state index in [-0.39, 0.29) is 0 Å². The summed E-state index contributed by atoms with van der Waals surface area (Å²) in [7, 11) is 0. The number of hydrogen-bond acceptors (Lipinski definition) is 2. The molecule has 0 aromatic rings. The summed E-state index contributed by atoms with van der Waals surface area (Å²) in [6.07, 6.45) is 1.44. The molecule has 0 fully saturated rings. The Labute approximate surface area is 81.5 Å². The van der Waals surface area contributed by atoms with E-state index in [1.807, 2.05) is 30.3 Å². The highest BCUT2D eigenvalue weighted by atomic mass is 16.1. The lowest BCUT2D eigenvalue weighted by atomic mass is 10.1. The third-order valence-electron chi connectivity index (χ3n) is 2.23. The number of rotatable bonds is 2. The molecular formula is C12H8O2. The summed E-state index contributed by atoms with van der Waals surface area (Å²) in [4.78, 5) is 21.5. The molecule has 0 heterocycles. The van der Waals surface area contributed by atoms with Crippen molar-refractivity contribution in [2.45, 2.75) is 0 Å². The predicted octanol–water partition coefficient (Wildman–Crippen LogP) is 2.42. The Morgan fingerprint density at radius 2 is 1.71 bits per heavy atom. The van der Waals surface area contributed by atoms with Gasteiger partial charge in [-0.25, -0.2) is 0 Å². The normalized spacial score (nSPS) is 10.0. The molecule has 0 saturated heterocycles. The van der Waals surface area contributed by atoms with E-state index in [9.17, 15) is 9.59 Å². The van der Waals surface area contributed by atoms with Crippen molar-refractivity contribution >= 4 is 12.6 Å². The second-order valence-electron chi connectivity index (χ2n) is 3.03. The SMILES string of the molecule is O=Cc1cc2cccccc-2c1C=O. The molecule has 0 saturated carbocycles. The number of fused-ring (bicyclic) bond motifs is 1. The average molecular weight is 184 g/mol. The second kappa shape index (κ2) is 3.42. The topological polar surface area (TPSA) is 34.1 Å². The Bertz CT molecular complexity index is 460. The maximum atomic E-state index is 10.8. The standard InChI is InChI=1S/C12H8O2/c13-7-10-6-9-4-2-1-3-5-11(9)12(10)8-14/h1-8H. The van der Waals surface area contributed by atoms with Crippen molar-refractivity contribution < 1.29 is 9.59 Å². The fourth-order valence-electron chi connectivity index (χ4n) is 1.56. The van der Waals surface area contributed by atoms with E-state index in [4.69, 9.17) is 0 Å². The van der Waals surface area contributed by atoms with Crippen LogP contribution in [0.3, 0.4) is 0 Å². The Hall–Kier alpha value is -1.96. The van der Waals surface area contributed by atoms with E-state index >= 15 is 0 Å². The van der Waals surface area contributed by atoms with Crippen LogP contribution in [0.2, 0.25) is 0 Å². The van der Waals surface area contributed by atoms with Crippen LogP contribution in [0.1, 0.15) is 20.7 Å². The highest BCUT2D eigenvalue weighted by Crippen LogP contribution is 2.28. The van der Waals surface area contributed by atoms with Crippen LogP contribution >= 0.6 is 0 Å². The smallest absolute Gasteiger partial charge is 0.151 e. The lowest BCUT2D eigenvalue weighted by Gasteiger charge is -1.91. The van der Waals surface area contributed by atoms with Crippen molar-refractivity contribution in [3.05, 3.63) is 47.5 Å². The van der Waals surface area contributed by atoms with E-state index in [1.165, 1.54) is 0 Å². The lowest BCUT2D eigenvalue weighted by molar-refractivity contribution is 0.109. The molecule has 0 bridgehead atoms. The summed E-state index contributed by atoms with van der Waals surface area (Å²) >= 11 is 0. The zero-order valence-corrected chi connectivity index (χ0v) is 7.44. The zero-order valence-electron chi connectivity index (χ0n) is 7.44. The Kier molecular flexibility index (Phi) is 2.11. The molecule has 0 atom stereocenters. The Morgan fingerprint density at radius 1 is 0.929 bits per heavy atom. The van der Waals surface area contributed by atoms with Crippen LogP contribution in [0, 0.1) is 0 Å². The summed E-state index contributed by atoms with van der Waals surface area (Å²) in [6, 6.07) is 11.1. The minimum Gasteiger partial charge on any atom is -0.298 e. The van der Waals surface area contributed by atoms with Crippen LogP contribution in [0.5, 0.6) is 0 Å². The van der Waals surface area contributed by atoms with Crippen molar-refractivity contribution in [1.29, 1.82) is 0 Å². The van der Waals surface area contributed by atoms with Gasteiger partial charge in [0, 0.05) is 11.1 Å². The van der Waals surface area contributed by atoms with E-state index in [0.717, 1.165) is 17.4 Å². The van der Waals surface area contributed by atoms with Crippen LogP contribution in [0.25, 0.3) is 11.1 Å². The zero-order chi connectivity index (χ0) is 9.97. The molecule has 0 radical (unpaired) electrons. The first-order valence-corrected chi connectivity index (χ1v) is 4.29. The maximum Gasteiger partial charge on any atom is 0.151 e. The Balaban J connectivity index is 2.80. The molecule has 68 valence electrons. The summed E-state index contributed by atoms with van der Waals surface area (Å²) in [5, 5.41) is 0. The van der Waals surface area contributed by atoms with Gasteiger partial charge in [-0.3, -0.25) is 9.59 Å². The monoisotopic (exact) mass is 184 g/mol. The van der Waals surface area contributed by atoms with Gasteiger partial charge in [-0.1, -0.05) is 30.3 Å². The van der Waals surface area contributed by atoms with Gasteiger partial charge in [0.15, 0.2) is 12.6 Å². The van der Waals surface area contributed by atoms with Crippen molar-refractivity contribution in [1.82, 2.24) is 0 Å². The fraction of sp³-hybridized carbons (Fsp3) is 0. The van der Waals surface area contributed by atoms with Gasteiger partial charge in [0.1, 0.15) is 0 Å². The van der Waals surface area contributed by atoms with Gasteiger partial charge in [-0.2, -0.15) is 0 Å². The quantitative estimate of drug-likeness (QED) is 0.671. The van der Waals surface area contributed by atoms with Gasteiger partial charge in [-0.15, -0.1) is 0 Å².